The van der Waals surface area contributed by atoms with Crippen LogP contribution in [0.25, 0.3) is 6.08 Å². The van der Waals surface area contributed by atoms with Crippen LogP contribution in [0.5, 0.6) is 5.75 Å². The van der Waals surface area contributed by atoms with Gasteiger partial charge in [-0.25, -0.2) is 0 Å². The number of hydrogen-bond donors (Lipinski definition) is 4. The maximum atomic E-state index is 11.8. The summed E-state index contributed by atoms with van der Waals surface area (Å²) in [6, 6.07) is 7.72. The SMILES string of the molecule is Cl.NCC(=O)Nc1cc(NC(=O)/C=C/c2ccco2)ccc1O. The van der Waals surface area contributed by atoms with E-state index in [0.717, 1.165) is 0 Å². The van der Waals surface area contributed by atoms with Crippen molar-refractivity contribution in [2.24, 2.45) is 5.73 Å². The largest absolute Gasteiger partial charge is 0.506 e. The third kappa shape index (κ3) is 5.50. The number of nitrogens with one attached hydrogen (secondary N) is 2. The molecule has 0 fully saturated rings. The average molecular weight is 338 g/mol. The molecule has 8 heteroatoms. The molecular weight excluding hydrogens is 322 g/mol. The molecule has 5 N–H and O–H groups in total. The van der Waals surface area contributed by atoms with Gasteiger partial charge in [-0.15, -0.1) is 12.4 Å². The first-order valence-electron chi connectivity index (χ1n) is 6.44. The molecule has 1 heterocycles. The zero-order valence-electron chi connectivity index (χ0n) is 12.0. The Bertz CT molecular complexity index is 699. The number of carbonyl (C=O) groups excluding carboxylic acids is 2. The molecule has 1 aromatic heterocycles. The second-order valence-electron chi connectivity index (χ2n) is 4.32. The highest BCUT2D eigenvalue weighted by molar-refractivity contribution is 6.02. The van der Waals surface area contributed by atoms with Gasteiger partial charge >= 0.3 is 0 Å². The number of hydrogen-bond acceptors (Lipinski definition) is 5. The third-order valence-electron chi connectivity index (χ3n) is 2.67. The molecule has 0 atom stereocenters. The summed E-state index contributed by atoms with van der Waals surface area (Å²) in [6.07, 6.45) is 4.33. The predicted octanol–water partition coefficient (Wildman–Crippen LogP) is 1.96. The molecule has 2 aromatic rings. The van der Waals surface area contributed by atoms with Gasteiger partial charge in [0.15, 0.2) is 0 Å². The lowest BCUT2D eigenvalue weighted by molar-refractivity contribution is -0.115. The highest BCUT2D eigenvalue weighted by Crippen LogP contribution is 2.26. The van der Waals surface area contributed by atoms with E-state index in [1.807, 2.05) is 0 Å². The Balaban J connectivity index is 0.00000264. The topological polar surface area (TPSA) is 118 Å². The average Bonchev–Trinajstić information content (AvgIpc) is 3.02. The Morgan fingerprint density at radius 1 is 1.26 bits per heavy atom. The number of aromatic hydroxyl groups is 1. The Kier molecular flexibility index (Phi) is 6.85. The van der Waals surface area contributed by atoms with Crippen molar-refractivity contribution in [3.8, 4) is 5.75 Å². The van der Waals surface area contributed by atoms with E-state index in [-0.39, 0.29) is 36.3 Å². The molecule has 0 saturated heterocycles. The van der Waals surface area contributed by atoms with Crippen molar-refractivity contribution in [2.45, 2.75) is 0 Å². The summed E-state index contributed by atoms with van der Waals surface area (Å²) < 4.78 is 5.07. The van der Waals surface area contributed by atoms with E-state index < -0.39 is 5.91 Å². The van der Waals surface area contributed by atoms with E-state index in [1.54, 1.807) is 12.1 Å². The minimum absolute atomic E-state index is 0. The van der Waals surface area contributed by atoms with Crippen molar-refractivity contribution in [3.63, 3.8) is 0 Å². The van der Waals surface area contributed by atoms with Crippen LogP contribution in [0, 0.1) is 0 Å². The van der Waals surface area contributed by atoms with Crippen molar-refractivity contribution in [1.29, 1.82) is 0 Å². The van der Waals surface area contributed by atoms with Gasteiger partial charge < -0.3 is 25.9 Å². The summed E-state index contributed by atoms with van der Waals surface area (Å²) in [7, 11) is 0. The number of anilines is 2. The molecular formula is C15H16ClN3O4. The monoisotopic (exact) mass is 337 g/mol. The number of halogens is 1. The first kappa shape index (κ1) is 18.3. The molecule has 0 bridgehead atoms. The predicted molar refractivity (Wildman–Crippen MR) is 89.4 cm³/mol. The van der Waals surface area contributed by atoms with Crippen molar-refractivity contribution < 1.29 is 19.1 Å². The van der Waals surface area contributed by atoms with Crippen LogP contribution in [0.15, 0.2) is 47.1 Å². The number of benzene rings is 1. The van der Waals surface area contributed by atoms with Gasteiger partial charge in [0.05, 0.1) is 18.5 Å². The van der Waals surface area contributed by atoms with E-state index >= 15 is 0 Å². The summed E-state index contributed by atoms with van der Waals surface area (Å²) in [4.78, 5) is 23.0. The number of phenols is 1. The second-order valence-corrected chi connectivity index (χ2v) is 4.32. The maximum absolute atomic E-state index is 11.8. The van der Waals surface area contributed by atoms with E-state index in [0.29, 0.717) is 11.4 Å². The molecule has 0 aliphatic heterocycles. The van der Waals surface area contributed by atoms with Gasteiger partial charge in [0.1, 0.15) is 11.5 Å². The van der Waals surface area contributed by atoms with Crippen LogP contribution in [-0.2, 0) is 9.59 Å². The number of nitrogens with two attached hydrogens (primary N) is 1. The molecule has 0 spiro atoms. The van der Waals surface area contributed by atoms with Crippen LogP contribution in [-0.4, -0.2) is 23.5 Å². The van der Waals surface area contributed by atoms with Crippen molar-refractivity contribution >= 4 is 41.7 Å². The van der Waals surface area contributed by atoms with E-state index in [4.69, 9.17) is 10.2 Å². The number of rotatable bonds is 5. The van der Waals surface area contributed by atoms with Crippen LogP contribution in [0.1, 0.15) is 5.76 Å². The lowest BCUT2D eigenvalue weighted by Crippen LogP contribution is -2.22. The highest BCUT2D eigenvalue weighted by atomic mass is 35.5. The summed E-state index contributed by atoms with van der Waals surface area (Å²) in [6.45, 7) is -0.206. The minimum Gasteiger partial charge on any atom is -0.506 e. The lowest BCUT2D eigenvalue weighted by Gasteiger charge is -2.09. The Hall–Kier alpha value is -2.77. The minimum atomic E-state index is -0.448. The van der Waals surface area contributed by atoms with Gasteiger partial charge in [0, 0.05) is 11.8 Å². The summed E-state index contributed by atoms with van der Waals surface area (Å²) in [5.41, 5.74) is 5.78. The smallest absolute Gasteiger partial charge is 0.248 e. The van der Waals surface area contributed by atoms with Crippen LogP contribution >= 0.6 is 12.4 Å². The van der Waals surface area contributed by atoms with Crippen molar-refractivity contribution in [2.75, 3.05) is 17.2 Å². The maximum Gasteiger partial charge on any atom is 0.248 e. The number of phenolic OH excluding ortho intramolecular Hbond substituents is 1. The Morgan fingerprint density at radius 2 is 2.04 bits per heavy atom. The van der Waals surface area contributed by atoms with Crippen LogP contribution in [0.2, 0.25) is 0 Å². The summed E-state index contributed by atoms with van der Waals surface area (Å²) in [5, 5.41) is 14.7. The molecule has 2 amide bonds. The molecule has 0 radical (unpaired) electrons. The fourth-order valence-electron chi connectivity index (χ4n) is 1.64. The van der Waals surface area contributed by atoms with Crippen LogP contribution < -0.4 is 16.4 Å². The van der Waals surface area contributed by atoms with Crippen molar-refractivity contribution in [3.05, 3.63) is 48.4 Å². The normalized spacial score (nSPS) is 10.1. The lowest BCUT2D eigenvalue weighted by atomic mass is 10.2. The fourth-order valence-corrected chi connectivity index (χ4v) is 1.64. The fraction of sp³-hybridized carbons (Fsp3) is 0.0667. The first-order chi connectivity index (χ1) is 10.6. The van der Waals surface area contributed by atoms with Gasteiger partial charge in [0.2, 0.25) is 11.8 Å². The third-order valence-corrected chi connectivity index (χ3v) is 2.67. The Morgan fingerprint density at radius 3 is 2.70 bits per heavy atom. The first-order valence-corrected chi connectivity index (χ1v) is 6.44. The zero-order valence-corrected chi connectivity index (χ0v) is 12.8. The van der Waals surface area contributed by atoms with E-state index in [2.05, 4.69) is 10.6 Å². The zero-order chi connectivity index (χ0) is 15.9. The molecule has 122 valence electrons. The molecule has 0 unspecified atom stereocenters. The van der Waals surface area contributed by atoms with E-state index in [9.17, 15) is 14.7 Å². The molecule has 0 aliphatic rings. The molecule has 7 nitrogen and oxygen atoms in total. The van der Waals surface area contributed by atoms with Gasteiger partial charge in [-0.05, 0) is 36.4 Å². The second kappa shape index (κ2) is 8.62. The molecule has 23 heavy (non-hydrogen) atoms. The molecule has 0 aliphatic carbocycles. The Labute approximate surface area is 138 Å². The highest BCUT2D eigenvalue weighted by Gasteiger charge is 2.07. The van der Waals surface area contributed by atoms with Gasteiger partial charge in [-0.1, -0.05) is 0 Å². The van der Waals surface area contributed by atoms with Crippen LogP contribution in [0.4, 0.5) is 11.4 Å². The molecule has 0 saturated carbocycles. The number of carbonyl (C=O) groups is 2. The summed E-state index contributed by atoms with van der Waals surface area (Å²) in [5.74, 6) is -0.391. The van der Waals surface area contributed by atoms with Gasteiger partial charge in [0.25, 0.3) is 0 Å². The number of furan rings is 1. The molecule has 2 rings (SSSR count). The quantitative estimate of drug-likeness (QED) is 0.378. The van der Waals surface area contributed by atoms with Crippen molar-refractivity contribution in [1.82, 2.24) is 0 Å². The van der Waals surface area contributed by atoms with Gasteiger partial charge in [-0.2, -0.15) is 0 Å². The number of amides is 2. The standard InChI is InChI=1S/C15H15N3O4.ClH/c16-9-15(21)18-12-8-10(3-5-13(12)19)17-14(20)6-4-11-2-1-7-22-11;/h1-8,19H,9,16H2,(H,17,20)(H,18,21);1H/b6-4+;. The summed E-state index contributed by atoms with van der Waals surface area (Å²) >= 11 is 0. The van der Waals surface area contributed by atoms with E-state index in [1.165, 1.54) is 36.6 Å². The van der Waals surface area contributed by atoms with Gasteiger partial charge in [-0.3, -0.25) is 9.59 Å². The van der Waals surface area contributed by atoms with Crippen LogP contribution in [0.3, 0.4) is 0 Å². The molecule has 1 aromatic carbocycles.